The van der Waals surface area contributed by atoms with Crippen molar-refractivity contribution in [2.45, 2.75) is 26.2 Å². The number of unbranched alkanes of at least 4 members (excludes halogenated alkanes) is 2. The van der Waals surface area contributed by atoms with E-state index in [0.29, 0.717) is 5.13 Å². The zero-order chi connectivity index (χ0) is 12.6. The van der Waals surface area contributed by atoms with E-state index in [-0.39, 0.29) is 0 Å². The van der Waals surface area contributed by atoms with Crippen LogP contribution in [-0.4, -0.2) is 21.4 Å². The average molecular weight is 264 g/mol. The van der Waals surface area contributed by atoms with Crippen molar-refractivity contribution in [3.63, 3.8) is 0 Å². The van der Waals surface area contributed by atoms with E-state index in [2.05, 4.69) is 27.0 Å². The molecule has 0 amide bonds. The van der Waals surface area contributed by atoms with Gasteiger partial charge in [0.1, 0.15) is 5.75 Å². The summed E-state index contributed by atoms with van der Waals surface area (Å²) in [5.41, 5.74) is 0.953. The topological polar surface area (TPSA) is 59.9 Å². The normalized spacial score (nSPS) is 10.3. The molecule has 0 atom stereocenters. The first-order valence-corrected chi connectivity index (χ1v) is 6.80. The standard InChI is InChI=1S/C12H16N4OS/c1-2-3-4-9-17-11-7-5-10(6-8-11)13-12-14-15-16-18-12/h5-8H,2-4,9H2,1H3,(H,13,14,16). The zero-order valence-electron chi connectivity index (χ0n) is 10.3. The summed E-state index contributed by atoms with van der Waals surface area (Å²) in [6.45, 7) is 2.96. The summed E-state index contributed by atoms with van der Waals surface area (Å²) in [6.07, 6.45) is 3.53. The van der Waals surface area contributed by atoms with Crippen LogP contribution < -0.4 is 10.1 Å². The minimum Gasteiger partial charge on any atom is -0.494 e. The Morgan fingerprint density at radius 3 is 2.72 bits per heavy atom. The third-order valence-electron chi connectivity index (χ3n) is 2.42. The van der Waals surface area contributed by atoms with Crippen molar-refractivity contribution < 1.29 is 4.74 Å². The van der Waals surface area contributed by atoms with Gasteiger partial charge in [0, 0.05) is 17.2 Å². The van der Waals surface area contributed by atoms with E-state index in [0.717, 1.165) is 24.5 Å². The van der Waals surface area contributed by atoms with Gasteiger partial charge in [0.05, 0.1) is 6.61 Å². The van der Waals surface area contributed by atoms with Crippen LogP contribution in [0.25, 0.3) is 0 Å². The van der Waals surface area contributed by atoms with Crippen molar-refractivity contribution in [2.24, 2.45) is 0 Å². The Balaban J connectivity index is 1.82. The SMILES string of the molecule is CCCCCOc1ccc(Nc2nnns2)cc1. The molecular weight excluding hydrogens is 248 g/mol. The molecule has 2 rings (SSSR count). The molecule has 2 aromatic rings. The maximum Gasteiger partial charge on any atom is 0.229 e. The number of nitrogens with one attached hydrogen (secondary N) is 1. The third-order valence-corrected chi connectivity index (χ3v) is 2.93. The monoisotopic (exact) mass is 264 g/mol. The molecule has 1 aromatic carbocycles. The van der Waals surface area contributed by atoms with Gasteiger partial charge in [0.2, 0.25) is 5.13 Å². The number of nitrogens with zero attached hydrogens (tertiary/aromatic N) is 3. The smallest absolute Gasteiger partial charge is 0.229 e. The van der Waals surface area contributed by atoms with Gasteiger partial charge in [-0.1, -0.05) is 29.4 Å². The predicted octanol–water partition coefficient (Wildman–Crippen LogP) is 3.25. The fourth-order valence-corrected chi connectivity index (χ4v) is 1.87. The molecule has 1 N–H and O–H groups in total. The molecule has 5 nitrogen and oxygen atoms in total. The highest BCUT2D eigenvalue weighted by molar-refractivity contribution is 7.09. The van der Waals surface area contributed by atoms with E-state index < -0.39 is 0 Å². The van der Waals surface area contributed by atoms with Crippen molar-refractivity contribution in [1.82, 2.24) is 14.8 Å². The van der Waals surface area contributed by atoms with E-state index in [9.17, 15) is 0 Å². The Labute approximate surface area is 110 Å². The quantitative estimate of drug-likeness (QED) is 0.778. The van der Waals surface area contributed by atoms with Crippen LogP contribution in [0.3, 0.4) is 0 Å². The fraction of sp³-hybridized carbons (Fsp3) is 0.417. The van der Waals surface area contributed by atoms with Gasteiger partial charge in [0.15, 0.2) is 0 Å². The van der Waals surface area contributed by atoms with Gasteiger partial charge >= 0.3 is 0 Å². The van der Waals surface area contributed by atoms with Crippen LogP contribution in [0.4, 0.5) is 10.8 Å². The number of aromatic nitrogens is 3. The van der Waals surface area contributed by atoms with Crippen LogP contribution in [0.2, 0.25) is 0 Å². The highest BCUT2D eigenvalue weighted by atomic mass is 32.1. The molecule has 0 aliphatic carbocycles. The highest BCUT2D eigenvalue weighted by Gasteiger charge is 1.99. The first kappa shape index (κ1) is 12.8. The van der Waals surface area contributed by atoms with Crippen molar-refractivity contribution >= 4 is 22.4 Å². The number of hydrogen-bond acceptors (Lipinski definition) is 6. The second-order valence-electron chi connectivity index (χ2n) is 3.87. The van der Waals surface area contributed by atoms with Crippen molar-refractivity contribution in [2.75, 3.05) is 11.9 Å². The Morgan fingerprint density at radius 1 is 1.22 bits per heavy atom. The molecule has 0 aliphatic rings. The molecule has 0 aliphatic heterocycles. The van der Waals surface area contributed by atoms with Gasteiger partial charge < -0.3 is 10.1 Å². The van der Waals surface area contributed by atoms with Gasteiger partial charge in [-0.05, 0) is 35.9 Å². The molecule has 1 heterocycles. The van der Waals surface area contributed by atoms with E-state index in [1.807, 2.05) is 24.3 Å². The molecule has 0 saturated heterocycles. The molecule has 0 spiro atoms. The van der Waals surface area contributed by atoms with Gasteiger partial charge in [0.25, 0.3) is 0 Å². The van der Waals surface area contributed by atoms with Crippen molar-refractivity contribution in [3.05, 3.63) is 24.3 Å². The fourth-order valence-electron chi connectivity index (χ4n) is 1.48. The summed E-state index contributed by atoms with van der Waals surface area (Å²) in [7, 11) is 0. The lowest BCUT2D eigenvalue weighted by Gasteiger charge is -2.06. The molecule has 0 bridgehead atoms. The molecule has 18 heavy (non-hydrogen) atoms. The number of anilines is 2. The Hall–Kier alpha value is -1.69. The summed E-state index contributed by atoms with van der Waals surface area (Å²) in [4.78, 5) is 0. The first-order valence-electron chi connectivity index (χ1n) is 6.03. The lowest BCUT2D eigenvalue weighted by molar-refractivity contribution is 0.306. The van der Waals surface area contributed by atoms with Crippen molar-refractivity contribution in [1.29, 1.82) is 0 Å². The van der Waals surface area contributed by atoms with E-state index in [1.165, 1.54) is 24.4 Å². The van der Waals surface area contributed by atoms with E-state index >= 15 is 0 Å². The number of hydrogen-bond donors (Lipinski definition) is 1. The van der Waals surface area contributed by atoms with Crippen LogP contribution in [0.15, 0.2) is 24.3 Å². The summed E-state index contributed by atoms with van der Waals surface area (Å²) < 4.78 is 9.32. The summed E-state index contributed by atoms with van der Waals surface area (Å²) >= 11 is 1.23. The second kappa shape index (κ2) is 6.90. The Kier molecular flexibility index (Phi) is 4.89. The minimum atomic E-state index is 0.687. The van der Waals surface area contributed by atoms with Gasteiger partial charge in [-0.25, -0.2) is 0 Å². The number of benzene rings is 1. The van der Waals surface area contributed by atoms with Crippen molar-refractivity contribution in [3.8, 4) is 5.75 Å². The molecule has 0 fully saturated rings. The van der Waals surface area contributed by atoms with Crippen LogP contribution in [0, 0.1) is 0 Å². The molecule has 0 unspecified atom stereocenters. The summed E-state index contributed by atoms with van der Waals surface area (Å²) in [5, 5.41) is 11.1. The highest BCUT2D eigenvalue weighted by Crippen LogP contribution is 2.20. The maximum atomic E-state index is 5.63. The lowest BCUT2D eigenvalue weighted by Crippen LogP contribution is -1.97. The molecule has 1 aromatic heterocycles. The average Bonchev–Trinajstić information content (AvgIpc) is 2.89. The van der Waals surface area contributed by atoms with Crippen LogP contribution in [-0.2, 0) is 0 Å². The van der Waals surface area contributed by atoms with Gasteiger partial charge in [-0.15, -0.1) is 0 Å². The van der Waals surface area contributed by atoms with Crippen LogP contribution >= 0.6 is 11.5 Å². The van der Waals surface area contributed by atoms with Gasteiger partial charge in [-0.2, -0.15) is 0 Å². The van der Waals surface area contributed by atoms with E-state index in [4.69, 9.17) is 4.74 Å². The summed E-state index contributed by atoms with van der Waals surface area (Å²) in [5.74, 6) is 0.895. The molecule has 0 saturated carbocycles. The molecule has 96 valence electrons. The molecule has 0 radical (unpaired) electrons. The third kappa shape index (κ3) is 3.96. The first-order chi connectivity index (χ1) is 8.88. The lowest BCUT2D eigenvalue weighted by atomic mass is 10.2. The van der Waals surface area contributed by atoms with Crippen LogP contribution in [0.5, 0.6) is 5.75 Å². The molecular formula is C12H16N4OS. The Bertz CT molecular complexity index is 444. The zero-order valence-corrected chi connectivity index (χ0v) is 11.1. The molecule has 6 heteroatoms. The largest absolute Gasteiger partial charge is 0.494 e. The van der Waals surface area contributed by atoms with Gasteiger partial charge in [-0.3, -0.25) is 0 Å². The number of rotatable bonds is 7. The predicted molar refractivity (Wildman–Crippen MR) is 72.4 cm³/mol. The minimum absolute atomic E-state index is 0.687. The van der Waals surface area contributed by atoms with E-state index in [1.54, 1.807) is 0 Å². The second-order valence-corrected chi connectivity index (χ2v) is 4.61. The maximum absolute atomic E-state index is 5.63. The number of ether oxygens (including phenoxy) is 1. The summed E-state index contributed by atoms with van der Waals surface area (Å²) in [6, 6.07) is 7.80. The van der Waals surface area contributed by atoms with Crippen LogP contribution in [0.1, 0.15) is 26.2 Å². The Morgan fingerprint density at radius 2 is 2.06 bits per heavy atom.